The number of carbonyl (C=O) groups is 1. The summed E-state index contributed by atoms with van der Waals surface area (Å²) in [5.41, 5.74) is 2.95. The smallest absolute Gasteiger partial charge is 0.247 e. The van der Waals surface area contributed by atoms with Gasteiger partial charge in [0.05, 0.1) is 29.2 Å². The van der Waals surface area contributed by atoms with E-state index in [1.165, 1.54) is 6.08 Å². The summed E-state index contributed by atoms with van der Waals surface area (Å²) in [7, 11) is 5.78. The van der Waals surface area contributed by atoms with Gasteiger partial charge >= 0.3 is 0 Å². The number of ether oxygens (including phenoxy) is 1. The predicted molar refractivity (Wildman–Crippen MR) is 164 cm³/mol. The molecule has 0 bridgehead atoms. The maximum Gasteiger partial charge on any atom is 0.247 e. The zero-order valence-electron chi connectivity index (χ0n) is 22.7. The number of anilines is 6. The number of fused-ring (bicyclic) bond motifs is 1. The molecule has 1 fully saturated rings. The molecule has 1 amide bonds. The van der Waals surface area contributed by atoms with Crippen molar-refractivity contribution in [3.8, 4) is 5.75 Å². The van der Waals surface area contributed by atoms with Gasteiger partial charge in [0, 0.05) is 42.5 Å². The number of hydrogen-bond donors (Lipinski definition) is 3. The number of nitrogens with one attached hydrogen (secondary N) is 3. The molecule has 1 aromatic heterocycles. The fourth-order valence-electron chi connectivity index (χ4n) is 4.86. The summed E-state index contributed by atoms with van der Waals surface area (Å²) in [5.74, 6) is 1.25. The van der Waals surface area contributed by atoms with Gasteiger partial charge in [-0.15, -0.1) is 0 Å². The van der Waals surface area contributed by atoms with E-state index in [0.29, 0.717) is 40.0 Å². The summed E-state index contributed by atoms with van der Waals surface area (Å²) >= 11 is 6.50. The predicted octanol–water partition coefficient (Wildman–Crippen LogP) is 6.04. The number of aromatic nitrogens is 2. The van der Waals surface area contributed by atoms with Crippen molar-refractivity contribution in [2.45, 2.75) is 12.5 Å². The van der Waals surface area contributed by atoms with Crippen molar-refractivity contribution in [2.24, 2.45) is 0 Å². The van der Waals surface area contributed by atoms with Gasteiger partial charge in [0.1, 0.15) is 11.6 Å². The Bertz CT molecular complexity index is 1560. The number of rotatable bonds is 9. The highest BCUT2D eigenvalue weighted by Crippen LogP contribution is 2.40. The number of nitrogens with zero attached hydrogens (tertiary/aromatic N) is 4. The van der Waals surface area contributed by atoms with Crippen LogP contribution < -0.4 is 25.6 Å². The van der Waals surface area contributed by atoms with Crippen LogP contribution in [0.15, 0.2) is 73.4 Å². The Kier molecular flexibility index (Phi) is 8.04. The lowest BCUT2D eigenvalue weighted by molar-refractivity contribution is -0.111. The maximum absolute atomic E-state index is 12.3. The Morgan fingerprint density at radius 2 is 1.98 bits per heavy atom. The number of likely N-dealkylation sites (N-methyl/N-ethyl adjacent to an activating group) is 1. The summed E-state index contributed by atoms with van der Waals surface area (Å²) in [6.07, 6.45) is 3.94. The van der Waals surface area contributed by atoms with E-state index in [2.05, 4.69) is 56.4 Å². The van der Waals surface area contributed by atoms with Crippen LogP contribution in [0.5, 0.6) is 5.75 Å². The second kappa shape index (κ2) is 11.8. The van der Waals surface area contributed by atoms with E-state index in [0.717, 1.165) is 41.7 Å². The molecule has 0 saturated carbocycles. The van der Waals surface area contributed by atoms with Crippen LogP contribution in [0.1, 0.15) is 6.42 Å². The molecule has 10 heteroatoms. The molecule has 1 unspecified atom stereocenters. The molecule has 0 radical (unpaired) electrons. The number of halogens is 1. The fourth-order valence-corrected chi connectivity index (χ4v) is 5.15. The third kappa shape index (κ3) is 5.95. The molecule has 0 spiro atoms. The van der Waals surface area contributed by atoms with Crippen molar-refractivity contribution >= 4 is 62.8 Å². The molecule has 5 rings (SSSR count). The zero-order chi connectivity index (χ0) is 28.2. The Morgan fingerprint density at radius 1 is 1.15 bits per heavy atom. The topological polar surface area (TPSA) is 94.6 Å². The lowest BCUT2D eigenvalue weighted by Crippen LogP contribution is -2.31. The van der Waals surface area contributed by atoms with Crippen molar-refractivity contribution in [1.82, 2.24) is 14.9 Å². The fraction of sp³-hybridized carbons (Fsp3) is 0.233. The molecule has 4 aromatic rings. The lowest BCUT2D eigenvalue weighted by Gasteiger charge is -2.25. The summed E-state index contributed by atoms with van der Waals surface area (Å²) < 4.78 is 5.74. The number of benzene rings is 3. The number of carbonyl (C=O) groups excluding carboxylic acids is 1. The molecule has 40 heavy (non-hydrogen) atoms. The molecular weight excluding hydrogens is 526 g/mol. The van der Waals surface area contributed by atoms with Crippen molar-refractivity contribution < 1.29 is 9.53 Å². The molecule has 206 valence electrons. The summed E-state index contributed by atoms with van der Waals surface area (Å²) in [4.78, 5) is 25.8. The number of hydrogen-bond acceptors (Lipinski definition) is 8. The van der Waals surface area contributed by atoms with Crippen molar-refractivity contribution in [3.63, 3.8) is 0 Å². The van der Waals surface area contributed by atoms with Gasteiger partial charge in [0.25, 0.3) is 0 Å². The highest BCUT2D eigenvalue weighted by Gasteiger charge is 2.27. The third-order valence-electron chi connectivity index (χ3n) is 6.98. The van der Waals surface area contributed by atoms with Gasteiger partial charge in [-0.25, -0.2) is 4.98 Å². The van der Waals surface area contributed by atoms with E-state index in [-0.39, 0.29) is 5.91 Å². The maximum atomic E-state index is 12.3. The first-order chi connectivity index (χ1) is 19.3. The minimum Gasteiger partial charge on any atom is -0.494 e. The van der Waals surface area contributed by atoms with Crippen LogP contribution in [0.4, 0.5) is 34.5 Å². The van der Waals surface area contributed by atoms with Gasteiger partial charge in [-0.3, -0.25) is 4.79 Å². The molecule has 9 nitrogen and oxygen atoms in total. The normalized spacial score (nSPS) is 14.8. The van der Waals surface area contributed by atoms with E-state index in [9.17, 15) is 4.79 Å². The molecule has 1 saturated heterocycles. The van der Waals surface area contributed by atoms with Crippen LogP contribution in [0, 0.1) is 0 Å². The molecule has 1 aliphatic rings. The van der Waals surface area contributed by atoms with E-state index < -0.39 is 0 Å². The number of amides is 1. The minimum absolute atomic E-state index is 0.294. The second-order valence-corrected chi connectivity index (χ2v) is 10.2. The van der Waals surface area contributed by atoms with Gasteiger partial charge in [0.15, 0.2) is 0 Å². The van der Waals surface area contributed by atoms with Gasteiger partial charge in [-0.2, -0.15) is 4.98 Å². The molecule has 1 atom stereocenters. The molecule has 0 aliphatic carbocycles. The second-order valence-electron chi connectivity index (χ2n) is 9.81. The van der Waals surface area contributed by atoms with Crippen LogP contribution in [0.3, 0.4) is 0 Å². The highest BCUT2D eigenvalue weighted by molar-refractivity contribution is 6.35. The van der Waals surface area contributed by atoms with Crippen LogP contribution in [0.25, 0.3) is 10.8 Å². The summed E-state index contributed by atoms with van der Waals surface area (Å²) in [5, 5.41) is 12.2. The zero-order valence-corrected chi connectivity index (χ0v) is 23.5. The standard InChI is InChI=1S/C30H32ClN7O2/c1-5-29(39)34-24-16-25(27(40-4)17-26(24)38-13-11-21(18-38)37(2)3)35-30-32-12-10-28(36-30)33-20-14-19-8-6-7-9-22(19)23(31)15-20/h5-10,12,14-17,21H,1,11,13,18H2,2-4H3,(H,34,39)(H2,32,33,35,36). The Labute approximate surface area is 238 Å². The van der Waals surface area contributed by atoms with Gasteiger partial charge in [-0.05, 0) is 56.2 Å². The van der Waals surface area contributed by atoms with Crippen LogP contribution in [-0.2, 0) is 4.79 Å². The monoisotopic (exact) mass is 557 g/mol. The highest BCUT2D eigenvalue weighted by atomic mass is 35.5. The van der Waals surface area contributed by atoms with Crippen molar-refractivity contribution in [2.75, 3.05) is 55.1 Å². The van der Waals surface area contributed by atoms with Crippen molar-refractivity contribution in [3.05, 3.63) is 78.5 Å². The quantitative estimate of drug-likeness (QED) is 0.214. The Hall–Kier alpha value is -4.34. The summed E-state index contributed by atoms with van der Waals surface area (Å²) in [6.45, 7) is 5.31. The first-order valence-corrected chi connectivity index (χ1v) is 13.3. The van der Waals surface area contributed by atoms with Gasteiger partial charge in [-0.1, -0.05) is 42.4 Å². The largest absolute Gasteiger partial charge is 0.494 e. The average Bonchev–Trinajstić information content (AvgIpc) is 3.44. The minimum atomic E-state index is -0.294. The Morgan fingerprint density at radius 3 is 2.73 bits per heavy atom. The SMILES string of the molecule is C=CC(=O)Nc1cc(Nc2nccc(Nc3cc(Cl)c4ccccc4c3)n2)c(OC)cc1N1CCC(N(C)C)C1. The van der Waals surface area contributed by atoms with Crippen molar-refractivity contribution in [1.29, 1.82) is 0 Å². The molecule has 1 aliphatic heterocycles. The van der Waals surface area contributed by atoms with Gasteiger partial charge in [0.2, 0.25) is 11.9 Å². The molecule has 2 heterocycles. The lowest BCUT2D eigenvalue weighted by atomic mass is 10.1. The average molecular weight is 558 g/mol. The third-order valence-corrected chi connectivity index (χ3v) is 7.29. The van der Waals surface area contributed by atoms with Crippen LogP contribution in [-0.4, -0.2) is 61.1 Å². The van der Waals surface area contributed by atoms with E-state index in [4.69, 9.17) is 16.3 Å². The van der Waals surface area contributed by atoms with E-state index in [1.807, 2.05) is 48.5 Å². The first-order valence-electron chi connectivity index (χ1n) is 13.0. The number of methoxy groups -OCH3 is 1. The first kappa shape index (κ1) is 27.2. The molecule has 3 N–H and O–H groups in total. The van der Waals surface area contributed by atoms with E-state index in [1.54, 1.807) is 19.4 Å². The van der Waals surface area contributed by atoms with Crippen LogP contribution >= 0.6 is 11.6 Å². The Balaban J connectivity index is 1.43. The van der Waals surface area contributed by atoms with E-state index >= 15 is 0 Å². The molecular formula is C30H32ClN7O2. The van der Waals surface area contributed by atoms with Gasteiger partial charge < -0.3 is 30.5 Å². The molecule has 3 aromatic carbocycles. The summed E-state index contributed by atoms with van der Waals surface area (Å²) in [6, 6.07) is 17.8. The van der Waals surface area contributed by atoms with Crippen LogP contribution in [0.2, 0.25) is 5.02 Å².